The summed E-state index contributed by atoms with van der Waals surface area (Å²) < 4.78 is 4.77. The van der Waals surface area contributed by atoms with Gasteiger partial charge < -0.3 is 9.84 Å². The van der Waals surface area contributed by atoms with Gasteiger partial charge in [0, 0.05) is 0 Å². The Bertz CT molecular complexity index is 274. The van der Waals surface area contributed by atoms with E-state index < -0.39 is 11.4 Å². The highest BCUT2D eigenvalue weighted by molar-refractivity contribution is 5.77. The quantitative estimate of drug-likeness (QED) is 0.710. The van der Waals surface area contributed by atoms with Crippen LogP contribution < -0.4 is 0 Å². The number of rotatable bonds is 2. The van der Waals surface area contributed by atoms with Gasteiger partial charge in [-0.3, -0.25) is 9.59 Å². The van der Waals surface area contributed by atoms with Crippen molar-refractivity contribution >= 4 is 11.9 Å². The first-order chi connectivity index (χ1) is 6.91. The summed E-state index contributed by atoms with van der Waals surface area (Å²) in [5.74, 6) is -1.23. The highest BCUT2D eigenvalue weighted by Gasteiger charge is 2.45. The summed E-state index contributed by atoms with van der Waals surface area (Å²) in [6.07, 6.45) is 1.71. The van der Waals surface area contributed by atoms with Crippen molar-refractivity contribution in [3.63, 3.8) is 0 Å². The first-order valence-electron chi connectivity index (χ1n) is 5.23. The van der Waals surface area contributed by atoms with E-state index >= 15 is 0 Å². The van der Waals surface area contributed by atoms with Crippen molar-refractivity contribution in [3.05, 3.63) is 0 Å². The molecule has 1 aliphatic rings. The minimum Gasteiger partial charge on any atom is -0.481 e. The largest absolute Gasteiger partial charge is 0.481 e. The SMILES string of the molecule is COC(=O)C1(C)CCC(C(=O)O)CC1C. The standard InChI is InChI=1S/C11H18O4/c1-7-6-8(9(12)13)4-5-11(7,2)10(14)15-3/h7-8H,4-6H2,1-3H3,(H,12,13). The monoisotopic (exact) mass is 214 g/mol. The molecule has 3 unspecified atom stereocenters. The van der Waals surface area contributed by atoms with Crippen LogP contribution >= 0.6 is 0 Å². The zero-order valence-electron chi connectivity index (χ0n) is 9.45. The molecular weight excluding hydrogens is 196 g/mol. The van der Waals surface area contributed by atoms with Crippen LogP contribution in [0.4, 0.5) is 0 Å². The van der Waals surface area contributed by atoms with E-state index in [1.807, 2.05) is 13.8 Å². The molecule has 0 heterocycles. The van der Waals surface area contributed by atoms with Crippen LogP contribution in [-0.2, 0) is 14.3 Å². The Hall–Kier alpha value is -1.06. The van der Waals surface area contributed by atoms with Crippen molar-refractivity contribution in [2.24, 2.45) is 17.3 Å². The van der Waals surface area contributed by atoms with Crippen molar-refractivity contribution in [1.29, 1.82) is 0 Å². The lowest BCUT2D eigenvalue weighted by molar-refractivity contribution is -0.161. The van der Waals surface area contributed by atoms with E-state index in [1.54, 1.807) is 0 Å². The molecule has 0 amide bonds. The van der Waals surface area contributed by atoms with Crippen LogP contribution in [0.5, 0.6) is 0 Å². The van der Waals surface area contributed by atoms with Gasteiger partial charge in [-0.1, -0.05) is 6.92 Å². The van der Waals surface area contributed by atoms with Gasteiger partial charge in [0.2, 0.25) is 0 Å². The molecule has 86 valence electrons. The van der Waals surface area contributed by atoms with Crippen molar-refractivity contribution in [2.45, 2.75) is 33.1 Å². The van der Waals surface area contributed by atoms with Crippen LogP contribution in [0.1, 0.15) is 33.1 Å². The third-order valence-electron chi connectivity index (χ3n) is 3.74. The zero-order chi connectivity index (χ0) is 11.6. The molecule has 1 N–H and O–H groups in total. The average Bonchev–Trinajstić information content (AvgIpc) is 2.20. The summed E-state index contributed by atoms with van der Waals surface area (Å²) in [6.45, 7) is 3.79. The minimum atomic E-state index is -0.756. The number of carboxylic acids is 1. The summed E-state index contributed by atoms with van der Waals surface area (Å²) in [4.78, 5) is 22.4. The van der Waals surface area contributed by atoms with Crippen molar-refractivity contribution in [3.8, 4) is 0 Å². The molecule has 0 aromatic heterocycles. The number of carbonyl (C=O) groups is 2. The lowest BCUT2D eigenvalue weighted by Crippen LogP contribution is -2.41. The number of aliphatic carboxylic acids is 1. The Labute approximate surface area is 89.6 Å². The maximum absolute atomic E-state index is 11.6. The molecule has 1 aliphatic carbocycles. The second kappa shape index (κ2) is 4.21. The summed E-state index contributed by atoms with van der Waals surface area (Å²) in [6, 6.07) is 0. The van der Waals surface area contributed by atoms with E-state index in [0.29, 0.717) is 19.3 Å². The van der Waals surface area contributed by atoms with Crippen LogP contribution in [0, 0.1) is 17.3 Å². The molecule has 1 saturated carbocycles. The van der Waals surface area contributed by atoms with Gasteiger partial charge in [0.15, 0.2) is 0 Å². The Morgan fingerprint density at radius 3 is 2.47 bits per heavy atom. The summed E-state index contributed by atoms with van der Waals surface area (Å²) in [5, 5.41) is 8.91. The van der Waals surface area contributed by atoms with E-state index in [0.717, 1.165) is 0 Å². The van der Waals surface area contributed by atoms with Crippen LogP contribution in [0.2, 0.25) is 0 Å². The number of methoxy groups -OCH3 is 1. The predicted molar refractivity (Wildman–Crippen MR) is 54.3 cm³/mol. The first kappa shape index (κ1) is 12.0. The van der Waals surface area contributed by atoms with Gasteiger partial charge in [0.05, 0.1) is 18.4 Å². The fourth-order valence-electron chi connectivity index (χ4n) is 2.29. The van der Waals surface area contributed by atoms with Gasteiger partial charge in [0.25, 0.3) is 0 Å². The summed E-state index contributed by atoms with van der Waals surface area (Å²) in [7, 11) is 1.38. The maximum atomic E-state index is 11.6. The van der Waals surface area contributed by atoms with E-state index in [4.69, 9.17) is 9.84 Å². The summed E-state index contributed by atoms with van der Waals surface area (Å²) >= 11 is 0. The molecule has 0 bridgehead atoms. The Morgan fingerprint density at radius 2 is 2.07 bits per heavy atom. The predicted octanol–water partition coefficient (Wildman–Crippen LogP) is 1.69. The van der Waals surface area contributed by atoms with Gasteiger partial charge in [-0.15, -0.1) is 0 Å². The van der Waals surface area contributed by atoms with Crippen molar-refractivity contribution < 1.29 is 19.4 Å². The fraction of sp³-hybridized carbons (Fsp3) is 0.818. The lowest BCUT2D eigenvalue weighted by Gasteiger charge is -2.39. The number of esters is 1. The van der Waals surface area contributed by atoms with Crippen LogP contribution in [0.15, 0.2) is 0 Å². The number of carbonyl (C=O) groups excluding carboxylic acids is 1. The van der Waals surface area contributed by atoms with Gasteiger partial charge >= 0.3 is 11.9 Å². The Kier molecular flexibility index (Phi) is 3.37. The number of carboxylic acid groups (broad SMARTS) is 1. The van der Waals surface area contributed by atoms with E-state index in [1.165, 1.54) is 7.11 Å². The minimum absolute atomic E-state index is 0.0554. The summed E-state index contributed by atoms with van der Waals surface area (Å²) in [5.41, 5.74) is -0.513. The lowest BCUT2D eigenvalue weighted by atomic mass is 9.65. The molecule has 1 fully saturated rings. The van der Waals surface area contributed by atoms with E-state index in [9.17, 15) is 9.59 Å². The van der Waals surface area contributed by atoms with Gasteiger partial charge in [-0.25, -0.2) is 0 Å². The highest BCUT2D eigenvalue weighted by atomic mass is 16.5. The number of hydrogen-bond acceptors (Lipinski definition) is 3. The highest BCUT2D eigenvalue weighted by Crippen LogP contribution is 2.44. The molecular formula is C11H18O4. The molecule has 3 atom stereocenters. The van der Waals surface area contributed by atoms with Gasteiger partial charge in [-0.05, 0) is 32.1 Å². The zero-order valence-corrected chi connectivity index (χ0v) is 9.45. The molecule has 4 nitrogen and oxygen atoms in total. The van der Waals surface area contributed by atoms with Crippen LogP contribution in [-0.4, -0.2) is 24.2 Å². The topological polar surface area (TPSA) is 63.6 Å². The molecule has 4 heteroatoms. The molecule has 0 aromatic rings. The Morgan fingerprint density at radius 1 is 1.47 bits per heavy atom. The Balaban J connectivity index is 2.75. The second-order valence-corrected chi connectivity index (χ2v) is 4.62. The second-order valence-electron chi connectivity index (χ2n) is 4.62. The molecule has 0 spiro atoms. The first-order valence-corrected chi connectivity index (χ1v) is 5.23. The molecule has 15 heavy (non-hydrogen) atoms. The normalized spacial score (nSPS) is 35.9. The van der Waals surface area contributed by atoms with Gasteiger partial charge in [-0.2, -0.15) is 0 Å². The van der Waals surface area contributed by atoms with Crippen LogP contribution in [0.3, 0.4) is 0 Å². The molecule has 0 saturated heterocycles. The third-order valence-corrected chi connectivity index (χ3v) is 3.74. The van der Waals surface area contributed by atoms with Crippen molar-refractivity contribution in [2.75, 3.05) is 7.11 Å². The van der Waals surface area contributed by atoms with E-state index in [-0.39, 0.29) is 17.8 Å². The van der Waals surface area contributed by atoms with Crippen molar-refractivity contribution in [1.82, 2.24) is 0 Å². The van der Waals surface area contributed by atoms with E-state index in [2.05, 4.69) is 0 Å². The third kappa shape index (κ3) is 2.13. The average molecular weight is 214 g/mol. The molecule has 1 rings (SSSR count). The molecule has 0 aliphatic heterocycles. The number of hydrogen-bond donors (Lipinski definition) is 1. The van der Waals surface area contributed by atoms with Crippen LogP contribution in [0.25, 0.3) is 0 Å². The maximum Gasteiger partial charge on any atom is 0.311 e. The molecule has 0 aromatic carbocycles. The number of ether oxygens (including phenoxy) is 1. The molecule has 0 radical (unpaired) electrons. The van der Waals surface area contributed by atoms with Gasteiger partial charge in [0.1, 0.15) is 0 Å². The smallest absolute Gasteiger partial charge is 0.311 e. The fourth-order valence-corrected chi connectivity index (χ4v) is 2.29.